The van der Waals surface area contributed by atoms with Crippen LogP contribution in [0.4, 0.5) is 5.69 Å². The van der Waals surface area contributed by atoms with Crippen molar-refractivity contribution in [2.45, 2.75) is 39.0 Å². The van der Waals surface area contributed by atoms with Gasteiger partial charge in [0.1, 0.15) is 9.71 Å². The zero-order valence-corrected chi connectivity index (χ0v) is 15.7. The van der Waals surface area contributed by atoms with E-state index in [1.165, 1.54) is 34.4 Å². The number of ether oxygens (including phenoxy) is 1. The average Bonchev–Trinajstić information content (AvgIpc) is 3.00. The molecule has 1 aromatic carbocycles. The Hall–Kier alpha value is -2.40. The maximum absolute atomic E-state index is 12.3. The number of thiophene rings is 1. The summed E-state index contributed by atoms with van der Waals surface area (Å²) >= 11 is 1.36. The van der Waals surface area contributed by atoms with Crippen molar-refractivity contribution in [2.24, 2.45) is 0 Å². The number of pyridine rings is 1. The fourth-order valence-corrected chi connectivity index (χ4v) is 4.81. The van der Waals surface area contributed by atoms with Crippen molar-refractivity contribution < 1.29 is 9.53 Å². The van der Waals surface area contributed by atoms with Crippen molar-refractivity contribution in [3.05, 3.63) is 57.6 Å². The van der Waals surface area contributed by atoms with Crippen molar-refractivity contribution in [3.63, 3.8) is 0 Å². The first-order chi connectivity index (χ1) is 12.7. The Balaban J connectivity index is 1.87. The number of anilines is 1. The van der Waals surface area contributed by atoms with E-state index in [2.05, 4.69) is 24.3 Å². The Morgan fingerprint density at radius 2 is 1.92 bits per heavy atom. The lowest BCUT2D eigenvalue weighted by Gasteiger charge is -2.20. The van der Waals surface area contributed by atoms with E-state index in [9.17, 15) is 4.79 Å². The van der Waals surface area contributed by atoms with Gasteiger partial charge < -0.3 is 10.5 Å². The molecule has 0 fully saturated rings. The summed E-state index contributed by atoms with van der Waals surface area (Å²) in [6.07, 6.45) is 5.17. The molecule has 0 unspecified atom stereocenters. The van der Waals surface area contributed by atoms with Gasteiger partial charge in [0.25, 0.3) is 0 Å². The number of esters is 1. The molecule has 2 heterocycles. The summed E-state index contributed by atoms with van der Waals surface area (Å²) in [4.78, 5) is 18.5. The molecular weight excluding hydrogens is 344 g/mol. The standard InChI is InChI=1S/C21H22N2O2S/c1-2-25-21(24)19-18(22)17-15-11-7-6-10-14(15)16(23-20(17)26-19)12-13-8-4-3-5-9-13/h3-5,8-9H,2,6-7,10-12,22H2,1H3. The van der Waals surface area contributed by atoms with E-state index in [1.807, 2.05) is 6.07 Å². The predicted molar refractivity (Wildman–Crippen MR) is 106 cm³/mol. The monoisotopic (exact) mass is 366 g/mol. The molecule has 0 saturated heterocycles. The van der Waals surface area contributed by atoms with E-state index in [1.54, 1.807) is 6.92 Å². The number of nitrogens with two attached hydrogens (primary N) is 1. The van der Waals surface area contributed by atoms with Gasteiger partial charge in [0, 0.05) is 17.5 Å². The molecule has 1 aliphatic rings. The lowest BCUT2D eigenvalue weighted by Crippen LogP contribution is -2.10. The minimum Gasteiger partial charge on any atom is -0.462 e. The second-order valence-electron chi connectivity index (χ2n) is 6.63. The Morgan fingerprint density at radius 3 is 2.65 bits per heavy atom. The average molecular weight is 366 g/mol. The SMILES string of the molecule is CCOC(=O)c1sc2nc(Cc3ccccc3)c3c(c2c1N)CCCC3. The summed E-state index contributed by atoms with van der Waals surface area (Å²) < 4.78 is 5.17. The number of aryl methyl sites for hydroxylation is 1. The molecule has 5 heteroatoms. The molecule has 0 amide bonds. The first-order valence-electron chi connectivity index (χ1n) is 9.12. The lowest BCUT2D eigenvalue weighted by molar-refractivity contribution is 0.0533. The Morgan fingerprint density at radius 1 is 1.19 bits per heavy atom. The van der Waals surface area contributed by atoms with Crippen LogP contribution in [0.2, 0.25) is 0 Å². The zero-order valence-electron chi connectivity index (χ0n) is 14.9. The summed E-state index contributed by atoms with van der Waals surface area (Å²) in [7, 11) is 0. The number of carbonyl (C=O) groups is 1. The molecule has 26 heavy (non-hydrogen) atoms. The highest BCUT2D eigenvalue weighted by Gasteiger charge is 2.25. The molecule has 0 saturated carbocycles. The molecule has 0 atom stereocenters. The number of nitrogen functional groups attached to an aromatic ring is 1. The van der Waals surface area contributed by atoms with Crippen LogP contribution in [0.5, 0.6) is 0 Å². The minimum absolute atomic E-state index is 0.345. The zero-order chi connectivity index (χ0) is 18.1. The summed E-state index contributed by atoms with van der Waals surface area (Å²) in [5.74, 6) is -0.345. The summed E-state index contributed by atoms with van der Waals surface area (Å²) in [5.41, 5.74) is 11.9. The molecule has 0 aliphatic heterocycles. The molecular formula is C21H22N2O2S. The van der Waals surface area contributed by atoms with E-state index < -0.39 is 0 Å². The van der Waals surface area contributed by atoms with Gasteiger partial charge in [0.2, 0.25) is 0 Å². The molecule has 0 spiro atoms. The molecule has 3 aromatic rings. The first-order valence-corrected chi connectivity index (χ1v) is 9.94. The maximum Gasteiger partial charge on any atom is 0.350 e. The van der Waals surface area contributed by atoms with Crippen LogP contribution in [-0.4, -0.2) is 17.6 Å². The molecule has 1 aliphatic carbocycles. The smallest absolute Gasteiger partial charge is 0.350 e. The first kappa shape index (κ1) is 17.0. The quantitative estimate of drug-likeness (QED) is 0.689. The van der Waals surface area contributed by atoms with Crippen LogP contribution in [0.15, 0.2) is 30.3 Å². The number of nitrogens with zero attached hydrogens (tertiary/aromatic N) is 1. The van der Waals surface area contributed by atoms with Crippen LogP contribution in [0.25, 0.3) is 10.2 Å². The van der Waals surface area contributed by atoms with Crippen LogP contribution in [-0.2, 0) is 24.0 Å². The summed E-state index contributed by atoms with van der Waals surface area (Å²) in [5, 5.41) is 0.976. The van der Waals surface area contributed by atoms with E-state index in [0.717, 1.165) is 41.6 Å². The van der Waals surface area contributed by atoms with Gasteiger partial charge in [-0.25, -0.2) is 9.78 Å². The van der Waals surface area contributed by atoms with Crippen molar-refractivity contribution >= 4 is 33.2 Å². The third kappa shape index (κ3) is 2.97. The van der Waals surface area contributed by atoms with E-state index in [-0.39, 0.29) is 5.97 Å². The maximum atomic E-state index is 12.3. The highest BCUT2D eigenvalue weighted by molar-refractivity contribution is 7.21. The highest BCUT2D eigenvalue weighted by atomic mass is 32.1. The summed E-state index contributed by atoms with van der Waals surface area (Å²) in [6, 6.07) is 10.4. The van der Waals surface area contributed by atoms with Gasteiger partial charge >= 0.3 is 5.97 Å². The third-order valence-corrected chi connectivity index (χ3v) is 6.04. The fourth-order valence-electron chi connectivity index (χ4n) is 3.78. The van der Waals surface area contributed by atoms with Crippen molar-refractivity contribution in [3.8, 4) is 0 Å². The van der Waals surface area contributed by atoms with Gasteiger partial charge in [-0.3, -0.25) is 0 Å². The Labute approximate surface area is 157 Å². The van der Waals surface area contributed by atoms with Crippen LogP contribution >= 0.6 is 11.3 Å². The number of hydrogen-bond donors (Lipinski definition) is 1. The molecule has 0 bridgehead atoms. The molecule has 2 aromatic heterocycles. The van der Waals surface area contributed by atoms with E-state index in [4.69, 9.17) is 15.5 Å². The molecule has 2 N–H and O–H groups in total. The second-order valence-corrected chi connectivity index (χ2v) is 7.63. The Kier molecular flexibility index (Phi) is 4.64. The molecule has 134 valence electrons. The van der Waals surface area contributed by atoms with E-state index in [0.29, 0.717) is 17.2 Å². The van der Waals surface area contributed by atoms with Gasteiger partial charge in [-0.1, -0.05) is 30.3 Å². The summed E-state index contributed by atoms with van der Waals surface area (Å²) in [6.45, 7) is 2.15. The van der Waals surface area contributed by atoms with Crippen molar-refractivity contribution in [1.82, 2.24) is 4.98 Å². The topological polar surface area (TPSA) is 65.2 Å². The van der Waals surface area contributed by atoms with Crippen LogP contribution in [0, 0.1) is 0 Å². The normalized spacial score (nSPS) is 13.6. The molecule has 4 rings (SSSR count). The van der Waals surface area contributed by atoms with Crippen LogP contribution in [0.3, 0.4) is 0 Å². The van der Waals surface area contributed by atoms with Crippen molar-refractivity contribution in [2.75, 3.05) is 12.3 Å². The van der Waals surface area contributed by atoms with Gasteiger partial charge in [-0.15, -0.1) is 11.3 Å². The molecule has 0 radical (unpaired) electrons. The van der Waals surface area contributed by atoms with Crippen LogP contribution < -0.4 is 5.73 Å². The van der Waals surface area contributed by atoms with Gasteiger partial charge in [-0.2, -0.15) is 0 Å². The number of carbonyl (C=O) groups excluding carboxylic acids is 1. The molecule has 4 nitrogen and oxygen atoms in total. The van der Waals surface area contributed by atoms with Crippen LogP contribution in [0.1, 0.15) is 51.8 Å². The number of rotatable bonds is 4. The minimum atomic E-state index is -0.345. The lowest BCUT2D eigenvalue weighted by atomic mass is 9.87. The second kappa shape index (κ2) is 7.08. The highest BCUT2D eigenvalue weighted by Crippen LogP contribution is 2.40. The third-order valence-electron chi connectivity index (χ3n) is 4.96. The number of aromatic nitrogens is 1. The van der Waals surface area contributed by atoms with Gasteiger partial charge in [-0.05, 0) is 49.3 Å². The number of benzene rings is 1. The fraction of sp³-hybridized carbons (Fsp3) is 0.333. The van der Waals surface area contributed by atoms with Gasteiger partial charge in [0.15, 0.2) is 0 Å². The van der Waals surface area contributed by atoms with Crippen molar-refractivity contribution in [1.29, 1.82) is 0 Å². The van der Waals surface area contributed by atoms with Gasteiger partial charge in [0.05, 0.1) is 12.3 Å². The number of hydrogen-bond acceptors (Lipinski definition) is 5. The van der Waals surface area contributed by atoms with E-state index >= 15 is 0 Å². The Bertz CT molecular complexity index is 963. The largest absolute Gasteiger partial charge is 0.462 e. The number of fused-ring (bicyclic) bond motifs is 3. The predicted octanol–water partition coefficient (Wildman–Crippen LogP) is 4.52.